The van der Waals surface area contributed by atoms with Crippen LogP contribution in [0.4, 0.5) is 4.39 Å². The van der Waals surface area contributed by atoms with E-state index in [0.29, 0.717) is 5.02 Å². The normalized spacial score (nSPS) is 11.6. The van der Waals surface area contributed by atoms with Crippen LogP contribution < -0.4 is 10.5 Å². The first kappa shape index (κ1) is 11.3. The number of halogens is 2. The second kappa shape index (κ2) is 3.75. The summed E-state index contributed by atoms with van der Waals surface area (Å²) in [6.45, 7) is 3.38. The highest BCUT2D eigenvalue weighted by Crippen LogP contribution is 2.33. The van der Waals surface area contributed by atoms with Crippen molar-refractivity contribution in [3.63, 3.8) is 0 Å². The van der Waals surface area contributed by atoms with Crippen molar-refractivity contribution in [2.45, 2.75) is 19.4 Å². The van der Waals surface area contributed by atoms with Crippen LogP contribution in [0.1, 0.15) is 19.4 Å². The van der Waals surface area contributed by atoms with Crippen molar-refractivity contribution in [1.82, 2.24) is 0 Å². The molecule has 0 fully saturated rings. The maximum absolute atomic E-state index is 13.7. The summed E-state index contributed by atoms with van der Waals surface area (Å²) in [6.07, 6.45) is 0. The van der Waals surface area contributed by atoms with E-state index in [2.05, 4.69) is 0 Å². The molecule has 0 atom stereocenters. The van der Waals surface area contributed by atoms with E-state index >= 15 is 0 Å². The van der Waals surface area contributed by atoms with Gasteiger partial charge >= 0.3 is 0 Å². The van der Waals surface area contributed by atoms with Gasteiger partial charge in [-0.05, 0) is 26.0 Å². The second-order valence-corrected chi connectivity index (χ2v) is 4.07. The number of methoxy groups -OCH3 is 1. The summed E-state index contributed by atoms with van der Waals surface area (Å²) < 4.78 is 18.6. The number of benzene rings is 1. The van der Waals surface area contributed by atoms with E-state index in [9.17, 15) is 4.39 Å². The van der Waals surface area contributed by atoms with Gasteiger partial charge in [-0.25, -0.2) is 4.39 Å². The van der Waals surface area contributed by atoms with E-state index in [1.807, 2.05) is 0 Å². The zero-order valence-electron chi connectivity index (χ0n) is 8.40. The zero-order chi connectivity index (χ0) is 10.9. The molecular weight excluding hydrogens is 205 g/mol. The molecule has 0 saturated heterocycles. The van der Waals surface area contributed by atoms with Crippen LogP contribution >= 0.6 is 11.6 Å². The lowest BCUT2D eigenvalue weighted by atomic mass is 9.95. The van der Waals surface area contributed by atoms with E-state index in [1.165, 1.54) is 13.2 Å². The first-order valence-electron chi connectivity index (χ1n) is 4.19. The quantitative estimate of drug-likeness (QED) is 0.827. The van der Waals surface area contributed by atoms with Crippen LogP contribution in [0, 0.1) is 5.82 Å². The highest BCUT2D eigenvalue weighted by Gasteiger charge is 2.24. The van der Waals surface area contributed by atoms with Crippen molar-refractivity contribution in [3.8, 4) is 5.75 Å². The Balaban J connectivity index is 3.40. The molecule has 0 unspecified atom stereocenters. The first-order chi connectivity index (χ1) is 6.38. The van der Waals surface area contributed by atoms with Gasteiger partial charge in [0.15, 0.2) is 11.6 Å². The van der Waals surface area contributed by atoms with Crippen LogP contribution in [0.3, 0.4) is 0 Å². The molecule has 0 heterocycles. The minimum Gasteiger partial charge on any atom is -0.494 e. The fraction of sp³-hybridized carbons (Fsp3) is 0.400. The Bertz CT molecular complexity index is 347. The van der Waals surface area contributed by atoms with Crippen molar-refractivity contribution in [1.29, 1.82) is 0 Å². The molecule has 2 N–H and O–H groups in total. The molecule has 1 aromatic rings. The van der Waals surface area contributed by atoms with Gasteiger partial charge in [0, 0.05) is 16.1 Å². The number of ether oxygens (including phenoxy) is 1. The third-order valence-corrected chi connectivity index (χ3v) is 2.23. The Morgan fingerprint density at radius 2 is 2.00 bits per heavy atom. The number of hydrogen-bond acceptors (Lipinski definition) is 2. The van der Waals surface area contributed by atoms with E-state index in [4.69, 9.17) is 22.1 Å². The van der Waals surface area contributed by atoms with Crippen molar-refractivity contribution < 1.29 is 9.13 Å². The van der Waals surface area contributed by atoms with Gasteiger partial charge in [-0.15, -0.1) is 0 Å². The largest absolute Gasteiger partial charge is 0.494 e. The van der Waals surface area contributed by atoms with Crippen molar-refractivity contribution in [2.75, 3.05) is 7.11 Å². The van der Waals surface area contributed by atoms with Crippen molar-refractivity contribution >= 4 is 11.6 Å². The fourth-order valence-electron chi connectivity index (χ4n) is 1.28. The fourth-order valence-corrected chi connectivity index (χ4v) is 1.67. The Labute approximate surface area is 87.8 Å². The number of rotatable bonds is 2. The monoisotopic (exact) mass is 217 g/mol. The molecule has 0 radical (unpaired) electrons. The van der Waals surface area contributed by atoms with Crippen LogP contribution in [0.2, 0.25) is 5.02 Å². The highest BCUT2D eigenvalue weighted by molar-refractivity contribution is 6.31. The lowest BCUT2D eigenvalue weighted by Crippen LogP contribution is -2.30. The van der Waals surface area contributed by atoms with Gasteiger partial charge in [0.2, 0.25) is 0 Å². The lowest BCUT2D eigenvalue weighted by molar-refractivity contribution is 0.377. The molecule has 0 saturated carbocycles. The predicted molar refractivity (Wildman–Crippen MR) is 55.2 cm³/mol. The van der Waals surface area contributed by atoms with E-state index in [-0.39, 0.29) is 11.3 Å². The Morgan fingerprint density at radius 3 is 2.43 bits per heavy atom. The molecule has 0 amide bonds. The van der Waals surface area contributed by atoms with Gasteiger partial charge in [0.25, 0.3) is 0 Å². The standard InChI is InChI=1S/C10H13ClFNO/c1-10(2,13)8-6(11)4-5-7(14-3)9(8)12/h4-5H,13H2,1-3H3. The average molecular weight is 218 g/mol. The summed E-state index contributed by atoms with van der Waals surface area (Å²) >= 11 is 5.87. The maximum Gasteiger partial charge on any atom is 0.171 e. The average Bonchev–Trinajstić information content (AvgIpc) is 2.02. The molecule has 14 heavy (non-hydrogen) atoms. The summed E-state index contributed by atoms with van der Waals surface area (Å²) in [5, 5.41) is 0.316. The lowest BCUT2D eigenvalue weighted by Gasteiger charge is -2.22. The molecule has 78 valence electrons. The molecule has 1 rings (SSSR count). The van der Waals surface area contributed by atoms with Crippen LogP contribution in [-0.4, -0.2) is 7.11 Å². The second-order valence-electron chi connectivity index (χ2n) is 3.66. The van der Waals surface area contributed by atoms with Gasteiger partial charge in [-0.3, -0.25) is 0 Å². The third kappa shape index (κ3) is 1.99. The molecule has 0 aromatic heterocycles. The predicted octanol–water partition coefficient (Wildman–Crippen LogP) is 2.68. The van der Waals surface area contributed by atoms with Crippen LogP contribution in [-0.2, 0) is 5.54 Å². The molecule has 0 bridgehead atoms. The first-order valence-corrected chi connectivity index (χ1v) is 4.57. The Hall–Kier alpha value is -0.800. The topological polar surface area (TPSA) is 35.2 Å². The molecule has 0 aliphatic carbocycles. The van der Waals surface area contributed by atoms with Gasteiger partial charge in [-0.1, -0.05) is 11.6 Å². The smallest absolute Gasteiger partial charge is 0.171 e. The van der Waals surface area contributed by atoms with Crippen LogP contribution in [0.25, 0.3) is 0 Å². The molecular formula is C10H13ClFNO. The van der Waals surface area contributed by atoms with Gasteiger partial charge in [0.05, 0.1) is 7.11 Å². The molecule has 0 spiro atoms. The highest BCUT2D eigenvalue weighted by atomic mass is 35.5. The molecule has 0 aliphatic rings. The van der Waals surface area contributed by atoms with E-state index in [0.717, 1.165) is 0 Å². The van der Waals surface area contributed by atoms with Gasteiger partial charge in [0.1, 0.15) is 0 Å². The summed E-state index contributed by atoms with van der Waals surface area (Å²) in [5.74, 6) is -0.338. The minimum atomic E-state index is -0.824. The van der Waals surface area contributed by atoms with Gasteiger partial charge < -0.3 is 10.5 Å². The minimum absolute atomic E-state index is 0.155. The third-order valence-electron chi connectivity index (χ3n) is 1.92. The zero-order valence-corrected chi connectivity index (χ0v) is 9.15. The summed E-state index contributed by atoms with van der Waals surface area (Å²) in [5.41, 5.74) is 5.25. The SMILES string of the molecule is COc1ccc(Cl)c(C(C)(C)N)c1F. The Morgan fingerprint density at radius 1 is 1.43 bits per heavy atom. The van der Waals surface area contributed by atoms with Crippen molar-refractivity contribution in [3.05, 3.63) is 28.5 Å². The number of nitrogens with two attached hydrogens (primary N) is 1. The van der Waals surface area contributed by atoms with Gasteiger partial charge in [-0.2, -0.15) is 0 Å². The van der Waals surface area contributed by atoms with Crippen LogP contribution in [0.15, 0.2) is 12.1 Å². The maximum atomic E-state index is 13.7. The molecule has 4 heteroatoms. The summed E-state index contributed by atoms with van der Waals surface area (Å²) in [7, 11) is 1.40. The summed E-state index contributed by atoms with van der Waals surface area (Å²) in [4.78, 5) is 0. The summed E-state index contributed by atoms with van der Waals surface area (Å²) in [6, 6.07) is 3.06. The van der Waals surface area contributed by atoms with E-state index < -0.39 is 11.4 Å². The molecule has 2 nitrogen and oxygen atoms in total. The molecule has 1 aromatic carbocycles. The van der Waals surface area contributed by atoms with Crippen molar-refractivity contribution in [2.24, 2.45) is 5.73 Å². The molecule has 0 aliphatic heterocycles. The van der Waals surface area contributed by atoms with Crippen LogP contribution in [0.5, 0.6) is 5.75 Å². The van der Waals surface area contributed by atoms with E-state index in [1.54, 1.807) is 19.9 Å². The Kier molecular flexibility index (Phi) is 3.02. The number of hydrogen-bond donors (Lipinski definition) is 1.